The predicted molar refractivity (Wildman–Crippen MR) is 51.1 cm³/mol. The van der Waals surface area contributed by atoms with Crippen LogP contribution in [-0.4, -0.2) is 18.2 Å². The van der Waals surface area contributed by atoms with Crippen LogP contribution in [0.3, 0.4) is 0 Å². The SMILES string of the molecule is CCCC(C)(N)CC1CCCO1. The van der Waals surface area contributed by atoms with Gasteiger partial charge in [0.25, 0.3) is 0 Å². The van der Waals surface area contributed by atoms with Crippen LogP contribution in [0.15, 0.2) is 0 Å². The van der Waals surface area contributed by atoms with Gasteiger partial charge in [-0.1, -0.05) is 13.3 Å². The Balaban J connectivity index is 2.27. The lowest BCUT2D eigenvalue weighted by molar-refractivity contribution is 0.0842. The fourth-order valence-corrected chi connectivity index (χ4v) is 2.00. The molecule has 2 heteroatoms. The van der Waals surface area contributed by atoms with E-state index in [0.717, 1.165) is 19.4 Å². The van der Waals surface area contributed by atoms with Gasteiger partial charge < -0.3 is 10.5 Å². The van der Waals surface area contributed by atoms with E-state index >= 15 is 0 Å². The highest BCUT2D eigenvalue weighted by Gasteiger charge is 2.25. The zero-order valence-electron chi connectivity index (χ0n) is 8.31. The molecule has 1 fully saturated rings. The maximum atomic E-state index is 6.13. The van der Waals surface area contributed by atoms with Gasteiger partial charge in [0.1, 0.15) is 0 Å². The summed E-state index contributed by atoms with van der Waals surface area (Å²) >= 11 is 0. The fourth-order valence-electron chi connectivity index (χ4n) is 2.00. The van der Waals surface area contributed by atoms with E-state index in [2.05, 4.69) is 13.8 Å². The Bertz CT molecular complexity index is 128. The molecule has 2 nitrogen and oxygen atoms in total. The van der Waals surface area contributed by atoms with Crippen molar-refractivity contribution in [2.24, 2.45) is 5.73 Å². The number of nitrogens with two attached hydrogens (primary N) is 1. The normalized spacial score (nSPS) is 28.8. The Labute approximate surface area is 75.5 Å². The van der Waals surface area contributed by atoms with Crippen molar-refractivity contribution in [1.29, 1.82) is 0 Å². The lowest BCUT2D eigenvalue weighted by atomic mass is 9.90. The van der Waals surface area contributed by atoms with Gasteiger partial charge in [0.05, 0.1) is 6.10 Å². The zero-order chi connectivity index (χ0) is 9.03. The first kappa shape index (κ1) is 10.0. The lowest BCUT2D eigenvalue weighted by Gasteiger charge is -2.26. The van der Waals surface area contributed by atoms with Crippen molar-refractivity contribution >= 4 is 0 Å². The van der Waals surface area contributed by atoms with E-state index in [1.54, 1.807) is 0 Å². The van der Waals surface area contributed by atoms with E-state index in [0.29, 0.717) is 6.10 Å². The third-order valence-corrected chi connectivity index (χ3v) is 2.54. The molecule has 1 saturated heterocycles. The van der Waals surface area contributed by atoms with Gasteiger partial charge in [0, 0.05) is 12.1 Å². The molecule has 0 saturated carbocycles. The number of hydrogen-bond acceptors (Lipinski definition) is 2. The van der Waals surface area contributed by atoms with Gasteiger partial charge in [-0.15, -0.1) is 0 Å². The van der Waals surface area contributed by atoms with E-state index in [1.165, 1.54) is 19.3 Å². The number of hydrogen-bond donors (Lipinski definition) is 1. The quantitative estimate of drug-likeness (QED) is 0.702. The van der Waals surface area contributed by atoms with Crippen LogP contribution in [0, 0.1) is 0 Å². The van der Waals surface area contributed by atoms with E-state index in [9.17, 15) is 0 Å². The van der Waals surface area contributed by atoms with Gasteiger partial charge >= 0.3 is 0 Å². The van der Waals surface area contributed by atoms with Gasteiger partial charge in [-0.05, 0) is 32.6 Å². The maximum Gasteiger partial charge on any atom is 0.0593 e. The smallest absolute Gasteiger partial charge is 0.0593 e. The molecular formula is C10H21NO. The van der Waals surface area contributed by atoms with Crippen LogP contribution in [-0.2, 0) is 4.74 Å². The van der Waals surface area contributed by atoms with Crippen molar-refractivity contribution < 1.29 is 4.74 Å². The molecule has 1 heterocycles. The molecule has 72 valence electrons. The molecule has 0 aromatic heterocycles. The van der Waals surface area contributed by atoms with Crippen molar-refractivity contribution in [3.8, 4) is 0 Å². The minimum atomic E-state index is -0.0102. The van der Waals surface area contributed by atoms with Gasteiger partial charge in [0.2, 0.25) is 0 Å². The summed E-state index contributed by atoms with van der Waals surface area (Å²) in [6.07, 6.45) is 6.16. The first-order chi connectivity index (χ1) is 5.64. The summed E-state index contributed by atoms with van der Waals surface area (Å²) in [7, 11) is 0. The van der Waals surface area contributed by atoms with Crippen LogP contribution in [0.5, 0.6) is 0 Å². The lowest BCUT2D eigenvalue weighted by Crippen LogP contribution is -2.39. The van der Waals surface area contributed by atoms with Gasteiger partial charge in [0.15, 0.2) is 0 Å². The zero-order valence-corrected chi connectivity index (χ0v) is 8.31. The summed E-state index contributed by atoms with van der Waals surface area (Å²) < 4.78 is 5.56. The molecule has 1 aliphatic rings. The maximum absolute atomic E-state index is 6.13. The Morgan fingerprint density at radius 2 is 2.33 bits per heavy atom. The van der Waals surface area contributed by atoms with Crippen LogP contribution in [0.2, 0.25) is 0 Å². The molecule has 0 aromatic carbocycles. The second-order valence-electron chi connectivity index (χ2n) is 4.24. The number of rotatable bonds is 4. The molecule has 1 rings (SSSR count). The van der Waals surface area contributed by atoms with E-state index in [4.69, 9.17) is 10.5 Å². The average Bonchev–Trinajstić information content (AvgIpc) is 2.38. The predicted octanol–water partition coefficient (Wildman–Crippen LogP) is 2.07. The first-order valence-electron chi connectivity index (χ1n) is 5.04. The molecule has 2 atom stereocenters. The summed E-state index contributed by atoms with van der Waals surface area (Å²) in [6, 6.07) is 0. The minimum Gasteiger partial charge on any atom is -0.378 e. The Hall–Kier alpha value is -0.0800. The average molecular weight is 171 g/mol. The standard InChI is InChI=1S/C10H21NO/c1-3-6-10(2,11)8-9-5-4-7-12-9/h9H,3-8,11H2,1-2H3. The highest BCUT2D eigenvalue weighted by molar-refractivity contribution is 4.83. The van der Waals surface area contributed by atoms with E-state index < -0.39 is 0 Å². The van der Waals surface area contributed by atoms with Crippen LogP contribution >= 0.6 is 0 Å². The third-order valence-electron chi connectivity index (χ3n) is 2.54. The molecule has 0 aliphatic carbocycles. The van der Waals surface area contributed by atoms with Gasteiger partial charge in [-0.3, -0.25) is 0 Å². The molecule has 0 aromatic rings. The number of ether oxygens (including phenoxy) is 1. The third kappa shape index (κ3) is 3.11. The molecule has 0 spiro atoms. The molecule has 0 bridgehead atoms. The van der Waals surface area contributed by atoms with Crippen LogP contribution in [0.1, 0.15) is 46.0 Å². The molecule has 2 unspecified atom stereocenters. The van der Waals surface area contributed by atoms with Crippen LogP contribution in [0.4, 0.5) is 0 Å². The summed E-state index contributed by atoms with van der Waals surface area (Å²) in [5, 5.41) is 0. The second kappa shape index (κ2) is 4.24. The van der Waals surface area contributed by atoms with Crippen molar-refractivity contribution in [1.82, 2.24) is 0 Å². The minimum absolute atomic E-state index is 0.0102. The second-order valence-corrected chi connectivity index (χ2v) is 4.24. The summed E-state index contributed by atoms with van der Waals surface area (Å²) in [5.41, 5.74) is 6.12. The highest BCUT2D eigenvalue weighted by atomic mass is 16.5. The Morgan fingerprint density at radius 1 is 1.58 bits per heavy atom. The van der Waals surface area contributed by atoms with Crippen molar-refractivity contribution in [3.63, 3.8) is 0 Å². The summed E-state index contributed by atoms with van der Waals surface area (Å²) in [4.78, 5) is 0. The van der Waals surface area contributed by atoms with E-state index in [-0.39, 0.29) is 5.54 Å². The molecule has 2 N–H and O–H groups in total. The summed E-state index contributed by atoms with van der Waals surface area (Å²) in [6.45, 7) is 5.26. The highest BCUT2D eigenvalue weighted by Crippen LogP contribution is 2.23. The van der Waals surface area contributed by atoms with Crippen molar-refractivity contribution in [2.75, 3.05) is 6.61 Å². The Kier molecular flexibility index (Phi) is 3.53. The van der Waals surface area contributed by atoms with Crippen LogP contribution in [0.25, 0.3) is 0 Å². The first-order valence-corrected chi connectivity index (χ1v) is 5.04. The van der Waals surface area contributed by atoms with Crippen molar-refractivity contribution in [3.05, 3.63) is 0 Å². The molecule has 0 amide bonds. The monoisotopic (exact) mass is 171 g/mol. The fraction of sp³-hybridized carbons (Fsp3) is 1.00. The molecular weight excluding hydrogens is 150 g/mol. The topological polar surface area (TPSA) is 35.2 Å². The van der Waals surface area contributed by atoms with Gasteiger partial charge in [-0.25, -0.2) is 0 Å². The largest absolute Gasteiger partial charge is 0.378 e. The molecule has 1 aliphatic heterocycles. The Morgan fingerprint density at radius 3 is 2.83 bits per heavy atom. The molecule has 0 radical (unpaired) electrons. The van der Waals surface area contributed by atoms with Gasteiger partial charge in [-0.2, -0.15) is 0 Å². The van der Waals surface area contributed by atoms with Crippen molar-refractivity contribution in [2.45, 2.75) is 57.6 Å². The molecule has 12 heavy (non-hydrogen) atoms. The van der Waals surface area contributed by atoms with Crippen LogP contribution < -0.4 is 5.73 Å². The summed E-state index contributed by atoms with van der Waals surface area (Å²) in [5.74, 6) is 0. The van der Waals surface area contributed by atoms with E-state index in [1.807, 2.05) is 0 Å².